The van der Waals surface area contributed by atoms with Gasteiger partial charge in [0.25, 0.3) is 5.91 Å². The van der Waals surface area contributed by atoms with E-state index in [1.165, 1.54) is 6.20 Å². The van der Waals surface area contributed by atoms with E-state index in [0.717, 1.165) is 17.0 Å². The highest BCUT2D eigenvalue weighted by molar-refractivity contribution is 7.16. The van der Waals surface area contributed by atoms with E-state index in [1.807, 2.05) is 37.3 Å². The van der Waals surface area contributed by atoms with Crippen molar-refractivity contribution in [1.29, 1.82) is 0 Å². The Bertz CT molecular complexity index is 1130. The maximum atomic E-state index is 13.0. The lowest BCUT2D eigenvalue weighted by Gasteiger charge is -2.13. The fraction of sp³-hybridized carbons (Fsp3) is 0.190. The molecule has 0 aliphatic carbocycles. The topological polar surface area (TPSA) is 145 Å². The number of carbonyl (C=O) groups is 3. The number of nitrogens with zero attached hydrogens (tertiary/aromatic N) is 2. The number of benzene rings is 1. The number of aryl methyl sites for hydroxylation is 1. The maximum Gasteiger partial charge on any atom is 0.355 e. The van der Waals surface area contributed by atoms with Crippen LogP contribution < -0.4 is 21.3 Å². The molecule has 0 aliphatic rings. The van der Waals surface area contributed by atoms with Crippen molar-refractivity contribution in [1.82, 2.24) is 15.3 Å². The summed E-state index contributed by atoms with van der Waals surface area (Å²) in [4.78, 5) is 44.9. The van der Waals surface area contributed by atoms with Crippen LogP contribution in [0.15, 0.2) is 42.6 Å². The third kappa shape index (κ3) is 5.58. The Morgan fingerprint density at radius 1 is 1.09 bits per heavy atom. The normalized spacial score (nSPS) is 10.3. The van der Waals surface area contributed by atoms with Crippen LogP contribution in [-0.2, 0) is 6.42 Å². The molecule has 166 valence electrons. The third-order valence-corrected chi connectivity index (χ3v) is 5.34. The number of nitrogens with one attached hydrogen (secondary N) is 4. The summed E-state index contributed by atoms with van der Waals surface area (Å²) in [6.45, 7) is 4.06. The zero-order valence-corrected chi connectivity index (χ0v) is 18.2. The number of urea groups is 1. The third-order valence-electron chi connectivity index (χ3n) is 4.22. The number of pyridine rings is 1. The molecule has 1 aromatic carbocycles. The summed E-state index contributed by atoms with van der Waals surface area (Å²) in [6, 6.07) is 10.3. The van der Waals surface area contributed by atoms with Gasteiger partial charge < -0.3 is 15.7 Å². The first kappa shape index (κ1) is 22.7. The van der Waals surface area contributed by atoms with Gasteiger partial charge in [-0.2, -0.15) is 0 Å². The zero-order chi connectivity index (χ0) is 23.1. The predicted molar refractivity (Wildman–Crippen MR) is 123 cm³/mol. The summed E-state index contributed by atoms with van der Waals surface area (Å²) >= 11 is 1.11. The van der Waals surface area contributed by atoms with Crippen LogP contribution in [0.3, 0.4) is 0 Å². The Kier molecular flexibility index (Phi) is 7.34. The van der Waals surface area contributed by atoms with Crippen molar-refractivity contribution in [2.45, 2.75) is 20.3 Å². The molecule has 3 amide bonds. The van der Waals surface area contributed by atoms with Crippen LogP contribution in [0, 0.1) is 0 Å². The Labute approximate surface area is 188 Å². The molecule has 10 nitrogen and oxygen atoms in total. The number of carbonyl (C=O) groups excluding carboxylic acids is 2. The first-order valence-corrected chi connectivity index (χ1v) is 10.6. The second kappa shape index (κ2) is 10.4. The molecular weight excluding hydrogens is 432 g/mol. The SMILES string of the molecule is CCNC(=O)Nc1cc(Nc2ccccc2)c(C(=O)Nc2nc(C(=O)O)c(CC)s2)cn1. The summed E-state index contributed by atoms with van der Waals surface area (Å²) in [5.74, 6) is -1.41. The molecule has 0 fully saturated rings. The van der Waals surface area contributed by atoms with Crippen LogP contribution in [0.4, 0.5) is 27.1 Å². The van der Waals surface area contributed by atoms with Crippen LogP contribution in [0.25, 0.3) is 0 Å². The number of carboxylic acids is 1. The number of aromatic carboxylic acids is 1. The molecule has 0 unspecified atom stereocenters. The van der Waals surface area contributed by atoms with Crippen LogP contribution in [0.2, 0.25) is 0 Å². The molecule has 32 heavy (non-hydrogen) atoms. The van der Waals surface area contributed by atoms with Gasteiger partial charge in [0.1, 0.15) is 5.82 Å². The molecule has 5 N–H and O–H groups in total. The van der Waals surface area contributed by atoms with Crippen molar-refractivity contribution >= 4 is 51.6 Å². The number of anilines is 4. The highest BCUT2D eigenvalue weighted by Gasteiger charge is 2.20. The van der Waals surface area contributed by atoms with Gasteiger partial charge >= 0.3 is 12.0 Å². The van der Waals surface area contributed by atoms with Crippen LogP contribution in [-0.4, -0.2) is 39.5 Å². The maximum absolute atomic E-state index is 13.0. The number of hydrogen-bond donors (Lipinski definition) is 5. The summed E-state index contributed by atoms with van der Waals surface area (Å²) in [5, 5.41) is 20.5. The highest BCUT2D eigenvalue weighted by atomic mass is 32.1. The number of thiazole rings is 1. The first-order valence-electron chi connectivity index (χ1n) is 9.82. The van der Waals surface area contributed by atoms with Crippen LogP contribution >= 0.6 is 11.3 Å². The molecule has 0 aliphatic heterocycles. The minimum atomic E-state index is -1.15. The summed E-state index contributed by atoms with van der Waals surface area (Å²) in [5.41, 5.74) is 1.25. The van der Waals surface area contributed by atoms with E-state index in [-0.39, 0.29) is 22.2 Å². The Morgan fingerprint density at radius 3 is 2.47 bits per heavy atom. The van der Waals surface area contributed by atoms with Crippen molar-refractivity contribution in [2.24, 2.45) is 0 Å². The molecule has 0 bridgehead atoms. The molecule has 0 atom stereocenters. The summed E-state index contributed by atoms with van der Waals surface area (Å²) < 4.78 is 0. The van der Waals surface area contributed by atoms with Crippen LogP contribution in [0.5, 0.6) is 0 Å². The number of carboxylic acid groups (broad SMARTS) is 1. The molecule has 2 aromatic heterocycles. The van der Waals surface area contributed by atoms with Gasteiger partial charge in [-0.25, -0.2) is 19.6 Å². The molecule has 2 heterocycles. The van der Waals surface area contributed by atoms with Crippen LogP contribution in [0.1, 0.15) is 39.6 Å². The minimum absolute atomic E-state index is 0.0740. The number of amides is 3. The predicted octanol–water partition coefficient (Wildman–Crippen LogP) is 3.94. The minimum Gasteiger partial charge on any atom is -0.476 e. The van der Waals surface area contributed by atoms with Crippen molar-refractivity contribution < 1.29 is 19.5 Å². The molecule has 0 spiro atoms. The van der Waals surface area contributed by atoms with Crippen molar-refractivity contribution in [3.05, 3.63) is 58.7 Å². The van der Waals surface area contributed by atoms with Gasteiger partial charge in [-0.3, -0.25) is 15.4 Å². The smallest absolute Gasteiger partial charge is 0.355 e. The number of para-hydroxylation sites is 1. The monoisotopic (exact) mass is 454 g/mol. The molecule has 0 saturated heterocycles. The fourth-order valence-electron chi connectivity index (χ4n) is 2.78. The van der Waals surface area contributed by atoms with Gasteiger partial charge in [0.15, 0.2) is 10.8 Å². The van der Waals surface area contributed by atoms with E-state index >= 15 is 0 Å². The Morgan fingerprint density at radius 2 is 1.84 bits per heavy atom. The Hall–Kier alpha value is -3.99. The quantitative estimate of drug-likeness (QED) is 0.347. The fourth-order valence-corrected chi connectivity index (χ4v) is 3.67. The number of aromatic nitrogens is 2. The van der Waals surface area contributed by atoms with E-state index in [4.69, 9.17) is 0 Å². The molecule has 11 heteroatoms. The summed E-state index contributed by atoms with van der Waals surface area (Å²) in [6.07, 6.45) is 1.81. The van der Waals surface area contributed by atoms with E-state index in [0.29, 0.717) is 23.5 Å². The Balaban J connectivity index is 1.90. The lowest BCUT2D eigenvalue weighted by atomic mass is 10.2. The largest absolute Gasteiger partial charge is 0.476 e. The molecule has 3 aromatic rings. The lowest BCUT2D eigenvalue weighted by Crippen LogP contribution is -2.28. The van der Waals surface area contributed by atoms with Gasteiger partial charge in [-0.05, 0) is 25.5 Å². The standard InChI is InChI=1S/C21H22N6O4S/c1-3-15-17(19(29)30)26-21(32-15)27-18(28)13-11-23-16(25-20(31)22-4-2)10-14(13)24-12-8-6-5-7-9-12/h5-11H,3-4H2,1-2H3,(H,29,30)(H,26,27,28)(H3,22,23,24,25,31). The van der Waals surface area contributed by atoms with Gasteiger partial charge in [-0.1, -0.05) is 25.1 Å². The van der Waals surface area contributed by atoms with Gasteiger partial charge in [0.2, 0.25) is 0 Å². The molecule has 3 rings (SSSR count). The summed E-state index contributed by atoms with van der Waals surface area (Å²) in [7, 11) is 0. The second-order valence-electron chi connectivity index (χ2n) is 6.49. The number of hydrogen-bond acceptors (Lipinski definition) is 7. The molecule has 0 radical (unpaired) electrons. The van der Waals surface area contributed by atoms with E-state index in [2.05, 4.69) is 31.2 Å². The first-order chi connectivity index (χ1) is 15.4. The molecule has 0 saturated carbocycles. The zero-order valence-electron chi connectivity index (χ0n) is 17.4. The lowest BCUT2D eigenvalue weighted by molar-refractivity contribution is 0.0690. The average molecular weight is 455 g/mol. The van der Waals surface area contributed by atoms with Crippen molar-refractivity contribution in [3.63, 3.8) is 0 Å². The van der Waals surface area contributed by atoms with Gasteiger partial charge in [0.05, 0.1) is 11.3 Å². The van der Waals surface area contributed by atoms with Gasteiger partial charge in [-0.15, -0.1) is 11.3 Å². The van der Waals surface area contributed by atoms with E-state index in [9.17, 15) is 19.5 Å². The average Bonchev–Trinajstić information content (AvgIpc) is 3.18. The number of rotatable bonds is 8. The van der Waals surface area contributed by atoms with Crippen molar-refractivity contribution in [3.8, 4) is 0 Å². The van der Waals surface area contributed by atoms with E-state index < -0.39 is 17.9 Å². The van der Waals surface area contributed by atoms with Gasteiger partial charge in [0, 0.05) is 29.4 Å². The highest BCUT2D eigenvalue weighted by Crippen LogP contribution is 2.27. The molecular formula is C21H22N6O4S. The van der Waals surface area contributed by atoms with Crippen molar-refractivity contribution in [2.75, 3.05) is 22.5 Å². The van der Waals surface area contributed by atoms with E-state index in [1.54, 1.807) is 13.0 Å². The second-order valence-corrected chi connectivity index (χ2v) is 7.58.